The van der Waals surface area contributed by atoms with Crippen molar-refractivity contribution >= 4 is 11.6 Å². The number of hydrogen-bond donors (Lipinski definition) is 1. The van der Waals surface area contributed by atoms with Crippen LogP contribution in [0.25, 0.3) is 0 Å². The van der Waals surface area contributed by atoms with Gasteiger partial charge in [-0.05, 0) is 44.2 Å². The maximum absolute atomic E-state index is 13.7. The van der Waals surface area contributed by atoms with Gasteiger partial charge in [0.1, 0.15) is 11.6 Å². The number of rotatable bonds is 4. The lowest BCUT2D eigenvalue weighted by atomic mass is 10.0. The quantitative estimate of drug-likeness (QED) is 0.909. The second kappa shape index (κ2) is 5.55. The van der Waals surface area contributed by atoms with Crippen LogP contribution in [0.1, 0.15) is 22.9 Å². The summed E-state index contributed by atoms with van der Waals surface area (Å²) in [7, 11) is 1.85. The predicted octanol–water partition coefficient (Wildman–Crippen LogP) is 3.88. The molecule has 0 aliphatic rings. The number of halogens is 2. The van der Waals surface area contributed by atoms with Crippen molar-refractivity contribution in [2.24, 2.45) is 0 Å². The predicted molar refractivity (Wildman–Crippen MR) is 70.4 cm³/mol. The second-order valence-electron chi connectivity index (χ2n) is 4.27. The molecule has 96 valence electrons. The van der Waals surface area contributed by atoms with Crippen LogP contribution in [0.3, 0.4) is 0 Å². The molecule has 1 N–H and O–H groups in total. The Morgan fingerprint density at radius 1 is 1.39 bits per heavy atom. The van der Waals surface area contributed by atoms with Crippen LogP contribution < -0.4 is 5.32 Å². The van der Waals surface area contributed by atoms with Crippen molar-refractivity contribution in [2.75, 3.05) is 7.05 Å². The summed E-state index contributed by atoms with van der Waals surface area (Å²) >= 11 is 5.74. The normalized spacial score (nSPS) is 12.7. The molecule has 1 unspecified atom stereocenters. The van der Waals surface area contributed by atoms with Gasteiger partial charge in [0.2, 0.25) is 0 Å². The highest BCUT2D eigenvalue weighted by Gasteiger charge is 2.14. The molecule has 0 radical (unpaired) electrons. The van der Waals surface area contributed by atoms with Crippen LogP contribution in [0, 0.1) is 12.7 Å². The van der Waals surface area contributed by atoms with Crippen molar-refractivity contribution in [1.29, 1.82) is 0 Å². The first-order valence-corrected chi connectivity index (χ1v) is 6.14. The van der Waals surface area contributed by atoms with Crippen LogP contribution in [-0.2, 0) is 6.42 Å². The Morgan fingerprint density at radius 3 is 2.72 bits per heavy atom. The molecule has 1 aromatic carbocycles. The van der Waals surface area contributed by atoms with Gasteiger partial charge in [-0.2, -0.15) is 0 Å². The molecule has 4 heteroatoms. The van der Waals surface area contributed by atoms with Gasteiger partial charge in [-0.25, -0.2) is 4.39 Å². The maximum atomic E-state index is 13.7. The van der Waals surface area contributed by atoms with E-state index in [0.717, 1.165) is 11.3 Å². The highest BCUT2D eigenvalue weighted by atomic mass is 35.5. The molecule has 2 aromatic rings. The number of hydrogen-bond acceptors (Lipinski definition) is 2. The third kappa shape index (κ3) is 2.92. The molecule has 2 nitrogen and oxygen atoms in total. The molecule has 0 saturated carbocycles. The van der Waals surface area contributed by atoms with Crippen LogP contribution in [0.5, 0.6) is 0 Å². The van der Waals surface area contributed by atoms with E-state index in [-0.39, 0.29) is 11.9 Å². The van der Waals surface area contributed by atoms with Crippen molar-refractivity contribution in [3.63, 3.8) is 0 Å². The summed E-state index contributed by atoms with van der Waals surface area (Å²) in [6.07, 6.45) is 2.25. The minimum absolute atomic E-state index is 0.0260. The Kier molecular flexibility index (Phi) is 4.04. The Morgan fingerprint density at radius 2 is 2.17 bits per heavy atom. The van der Waals surface area contributed by atoms with Crippen molar-refractivity contribution < 1.29 is 8.81 Å². The summed E-state index contributed by atoms with van der Waals surface area (Å²) < 4.78 is 19.0. The van der Waals surface area contributed by atoms with Crippen LogP contribution in [0.15, 0.2) is 34.9 Å². The maximum Gasteiger partial charge on any atom is 0.127 e. The summed E-state index contributed by atoms with van der Waals surface area (Å²) in [6, 6.07) is 6.74. The van der Waals surface area contributed by atoms with Crippen molar-refractivity contribution in [3.05, 3.63) is 58.3 Å². The van der Waals surface area contributed by atoms with Crippen LogP contribution >= 0.6 is 11.6 Å². The molecular formula is C14H15ClFNO. The molecule has 1 heterocycles. The van der Waals surface area contributed by atoms with Gasteiger partial charge in [0, 0.05) is 16.6 Å². The fourth-order valence-corrected chi connectivity index (χ4v) is 2.10. The summed E-state index contributed by atoms with van der Waals surface area (Å²) in [5.41, 5.74) is 1.65. The summed E-state index contributed by atoms with van der Waals surface area (Å²) in [5.74, 6) is 0.574. The largest absolute Gasteiger partial charge is 0.469 e. The van der Waals surface area contributed by atoms with Gasteiger partial charge >= 0.3 is 0 Å². The number of aryl methyl sites for hydroxylation is 1. The van der Waals surface area contributed by atoms with E-state index in [4.69, 9.17) is 16.0 Å². The molecule has 1 atom stereocenters. The molecule has 0 aliphatic carbocycles. The second-order valence-corrected chi connectivity index (χ2v) is 4.71. The Balaban J connectivity index is 2.20. The molecule has 0 aliphatic heterocycles. The van der Waals surface area contributed by atoms with E-state index in [2.05, 4.69) is 5.32 Å². The lowest BCUT2D eigenvalue weighted by molar-refractivity contribution is 0.516. The molecule has 0 saturated heterocycles. The topological polar surface area (TPSA) is 25.2 Å². The van der Waals surface area contributed by atoms with E-state index in [1.165, 1.54) is 6.07 Å². The van der Waals surface area contributed by atoms with Crippen LogP contribution in [-0.4, -0.2) is 7.05 Å². The first kappa shape index (κ1) is 13.1. The first-order chi connectivity index (χ1) is 8.60. The molecule has 1 aromatic heterocycles. The van der Waals surface area contributed by atoms with Gasteiger partial charge < -0.3 is 9.73 Å². The zero-order valence-electron chi connectivity index (χ0n) is 10.3. The Bertz CT molecular complexity index is 538. The Hall–Kier alpha value is -1.32. The molecule has 2 rings (SSSR count). The van der Waals surface area contributed by atoms with Gasteiger partial charge in [0.05, 0.1) is 6.26 Å². The lowest BCUT2D eigenvalue weighted by Crippen LogP contribution is -2.18. The average Bonchev–Trinajstić information content (AvgIpc) is 2.75. The molecule has 0 fully saturated rings. The van der Waals surface area contributed by atoms with Gasteiger partial charge in [0.25, 0.3) is 0 Å². The van der Waals surface area contributed by atoms with Gasteiger partial charge in [-0.1, -0.05) is 17.7 Å². The van der Waals surface area contributed by atoms with Crippen molar-refractivity contribution in [3.8, 4) is 0 Å². The average molecular weight is 268 g/mol. The van der Waals surface area contributed by atoms with E-state index in [1.807, 2.05) is 20.0 Å². The number of furan rings is 1. The van der Waals surface area contributed by atoms with Crippen molar-refractivity contribution in [2.45, 2.75) is 19.4 Å². The van der Waals surface area contributed by atoms with E-state index >= 15 is 0 Å². The van der Waals surface area contributed by atoms with E-state index in [9.17, 15) is 4.39 Å². The minimum Gasteiger partial charge on any atom is -0.469 e. The minimum atomic E-state index is -0.275. The molecular weight excluding hydrogens is 253 g/mol. The summed E-state index contributed by atoms with van der Waals surface area (Å²) in [6.45, 7) is 1.89. The number of likely N-dealkylation sites (N-methyl/N-ethyl adjacent to an activating group) is 1. The van der Waals surface area contributed by atoms with Crippen LogP contribution in [0.2, 0.25) is 5.02 Å². The fourth-order valence-electron chi connectivity index (χ4n) is 1.94. The molecule has 0 amide bonds. The van der Waals surface area contributed by atoms with E-state index < -0.39 is 0 Å². The summed E-state index contributed by atoms with van der Waals surface area (Å²) in [5, 5.41) is 3.58. The van der Waals surface area contributed by atoms with Gasteiger partial charge in [-0.15, -0.1) is 0 Å². The van der Waals surface area contributed by atoms with E-state index in [1.54, 1.807) is 18.4 Å². The highest BCUT2D eigenvalue weighted by Crippen LogP contribution is 2.23. The zero-order chi connectivity index (χ0) is 13.1. The zero-order valence-corrected chi connectivity index (χ0v) is 11.1. The van der Waals surface area contributed by atoms with E-state index in [0.29, 0.717) is 17.0 Å². The van der Waals surface area contributed by atoms with Gasteiger partial charge in [-0.3, -0.25) is 0 Å². The summed E-state index contributed by atoms with van der Waals surface area (Å²) in [4.78, 5) is 0. The highest BCUT2D eigenvalue weighted by molar-refractivity contribution is 6.30. The smallest absolute Gasteiger partial charge is 0.127 e. The van der Waals surface area contributed by atoms with Gasteiger partial charge in [0.15, 0.2) is 0 Å². The standard InChI is InChI=1S/C14H15ClFNO/c1-9-5-11(8-18-9)14(17-2)6-10-3-4-12(15)7-13(10)16/h3-5,7-8,14,17H,6H2,1-2H3. The third-order valence-corrected chi connectivity index (χ3v) is 3.18. The number of nitrogens with one attached hydrogen (secondary N) is 1. The van der Waals surface area contributed by atoms with Crippen molar-refractivity contribution in [1.82, 2.24) is 5.32 Å². The fraction of sp³-hybridized carbons (Fsp3) is 0.286. The first-order valence-electron chi connectivity index (χ1n) is 5.76. The third-order valence-electron chi connectivity index (χ3n) is 2.94. The molecule has 18 heavy (non-hydrogen) atoms. The lowest BCUT2D eigenvalue weighted by Gasteiger charge is -2.15. The molecule has 0 bridgehead atoms. The molecule has 0 spiro atoms. The van der Waals surface area contributed by atoms with Crippen LogP contribution in [0.4, 0.5) is 4.39 Å². The SMILES string of the molecule is CNC(Cc1ccc(Cl)cc1F)c1coc(C)c1. The monoisotopic (exact) mass is 267 g/mol. The number of benzene rings is 1. The Labute approximate surface area is 111 Å².